The van der Waals surface area contributed by atoms with Gasteiger partial charge in [0, 0.05) is 11.1 Å². The molecule has 0 aromatic heterocycles. The van der Waals surface area contributed by atoms with Gasteiger partial charge in [0.25, 0.3) is 0 Å². The van der Waals surface area contributed by atoms with Crippen LogP contribution in [0.1, 0.15) is 52.6 Å². The summed E-state index contributed by atoms with van der Waals surface area (Å²) in [5, 5.41) is 0. The Bertz CT molecular complexity index is 969. The zero-order chi connectivity index (χ0) is 21.3. The van der Waals surface area contributed by atoms with Crippen LogP contribution in [-0.4, -0.2) is 24.5 Å². The fourth-order valence-electron chi connectivity index (χ4n) is 2.67. The van der Waals surface area contributed by atoms with Crippen molar-refractivity contribution >= 4 is 24.5 Å². The molecule has 3 aromatic carbocycles. The third-order valence-electron chi connectivity index (χ3n) is 4.30. The van der Waals surface area contributed by atoms with Crippen LogP contribution in [0.5, 0.6) is 0 Å². The van der Waals surface area contributed by atoms with E-state index < -0.39 is 11.9 Å². The lowest BCUT2D eigenvalue weighted by molar-refractivity contribution is 0.0471. The Hall–Kier alpha value is -4.06. The molecule has 0 bridgehead atoms. The summed E-state index contributed by atoms with van der Waals surface area (Å²) in [6.07, 6.45) is 1.40. The molecule has 0 saturated heterocycles. The number of aldehydes is 2. The van der Waals surface area contributed by atoms with Gasteiger partial charge in [-0.3, -0.25) is 9.59 Å². The van der Waals surface area contributed by atoms with Crippen molar-refractivity contribution in [3.63, 3.8) is 0 Å². The fourth-order valence-corrected chi connectivity index (χ4v) is 2.67. The second-order valence-electron chi connectivity index (χ2n) is 6.45. The molecule has 0 aliphatic rings. The molecule has 0 aliphatic carbocycles. The first-order chi connectivity index (χ1) is 14.6. The van der Waals surface area contributed by atoms with Crippen LogP contribution >= 0.6 is 0 Å². The molecule has 6 nitrogen and oxygen atoms in total. The van der Waals surface area contributed by atoms with Crippen molar-refractivity contribution in [1.29, 1.82) is 0 Å². The highest BCUT2D eigenvalue weighted by atomic mass is 16.5. The Labute approximate surface area is 173 Å². The van der Waals surface area contributed by atoms with Crippen molar-refractivity contribution in [2.75, 3.05) is 0 Å². The maximum Gasteiger partial charge on any atom is 0.338 e. The Morgan fingerprint density at radius 2 is 1.03 bits per heavy atom. The Balaban J connectivity index is 1.54. The van der Waals surface area contributed by atoms with E-state index in [2.05, 4.69) is 0 Å². The molecule has 0 amide bonds. The number of rotatable bonds is 8. The van der Waals surface area contributed by atoms with Crippen LogP contribution in [0.4, 0.5) is 0 Å². The highest BCUT2D eigenvalue weighted by molar-refractivity contribution is 5.91. The number of esters is 2. The van der Waals surface area contributed by atoms with E-state index >= 15 is 0 Å². The average molecular weight is 402 g/mol. The van der Waals surface area contributed by atoms with Gasteiger partial charge in [-0.1, -0.05) is 42.5 Å². The molecule has 0 radical (unpaired) electrons. The highest BCUT2D eigenvalue weighted by Crippen LogP contribution is 2.12. The molecule has 0 fully saturated rings. The number of hydrogen-bond donors (Lipinski definition) is 0. The monoisotopic (exact) mass is 402 g/mol. The summed E-state index contributed by atoms with van der Waals surface area (Å²) in [6.45, 7) is 0.117. The summed E-state index contributed by atoms with van der Waals surface area (Å²) in [6, 6.07) is 19.5. The van der Waals surface area contributed by atoms with E-state index in [1.165, 1.54) is 24.3 Å². The molecule has 3 rings (SSSR count). The smallest absolute Gasteiger partial charge is 0.338 e. The van der Waals surface area contributed by atoms with Crippen molar-refractivity contribution in [2.24, 2.45) is 0 Å². The first-order valence-electron chi connectivity index (χ1n) is 9.11. The van der Waals surface area contributed by atoms with E-state index in [4.69, 9.17) is 9.47 Å². The Morgan fingerprint density at radius 1 is 0.633 bits per heavy atom. The maximum absolute atomic E-state index is 12.1. The van der Waals surface area contributed by atoms with E-state index in [1.54, 1.807) is 48.5 Å². The molecular weight excluding hydrogens is 384 g/mol. The molecule has 0 spiro atoms. The van der Waals surface area contributed by atoms with Gasteiger partial charge in [-0.25, -0.2) is 9.59 Å². The van der Waals surface area contributed by atoms with Gasteiger partial charge in [-0.05, 0) is 41.5 Å². The quantitative estimate of drug-likeness (QED) is 0.418. The summed E-state index contributed by atoms with van der Waals surface area (Å²) in [5.74, 6) is -0.994. The van der Waals surface area contributed by atoms with Gasteiger partial charge in [0.15, 0.2) is 0 Å². The fraction of sp³-hybridized carbons (Fsp3) is 0.0833. The predicted octanol–water partition coefficient (Wildman–Crippen LogP) is 4.03. The molecular formula is C24H18O6. The van der Waals surface area contributed by atoms with Crippen LogP contribution in [0.3, 0.4) is 0 Å². The van der Waals surface area contributed by atoms with E-state index in [-0.39, 0.29) is 13.2 Å². The summed E-state index contributed by atoms with van der Waals surface area (Å²) < 4.78 is 10.6. The molecule has 0 N–H and O–H groups in total. The average Bonchev–Trinajstić information content (AvgIpc) is 2.81. The van der Waals surface area contributed by atoms with Gasteiger partial charge in [-0.15, -0.1) is 0 Å². The molecule has 150 valence electrons. The Kier molecular flexibility index (Phi) is 6.84. The van der Waals surface area contributed by atoms with Crippen molar-refractivity contribution in [1.82, 2.24) is 0 Å². The lowest BCUT2D eigenvalue weighted by Gasteiger charge is -2.08. The first-order valence-corrected chi connectivity index (χ1v) is 9.11. The largest absolute Gasteiger partial charge is 0.457 e. The number of hydrogen-bond acceptors (Lipinski definition) is 6. The van der Waals surface area contributed by atoms with Gasteiger partial charge >= 0.3 is 11.9 Å². The molecule has 0 heterocycles. The maximum atomic E-state index is 12.1. The molecule has 30 heavy (non-hydrogen) atoms. The summed E-state index contributed by atoms with van der Waals surface area (Å²) >= 11 is 0. The molecule has 0 saturated carbocycles. The lowest BCUT2D eigenvalue weighted by atomic mass is 10.1. The third kappa shape index (κ3) is 5.48. The minimum atomic E-state index is -0.497. The van der Waals surface area contributed by atoms with Crippen LogP contribution in [0.2, 0.25) is 0 Å². The summed E-state index contributed by atoms with van der Waals surface area (Å²) in [7, 11) is 0. The van der Waals surface area contributed by atoms with Crippen LogP contribution in [0.25, 0.3) is 0 Å². The summed E-state index contributed by atoms with van der Waals surface area (Å²) in [5.41, 5.74) is 3.16. The number of carbonyl (C=O) groups excluding carboxylic acids is 4. The van der Waals surface area contributed by atoms with E-state index in [0.29, 0.717) is 34.8 Å². The zero-order valence-corrected chi connectivity index (χ0v) is 15.9. The van der Waals surface area contributed by atoms with Crippen molar-refractivity contribution in [2.45, 2.75) is 13.2 Å². The molecule has 6 heteroatoms. The van der Waals surface area contributed by atoms with E-state index in [0.717, 1.165) is 11.1 Å². The summed E-state index contributed by atoms with van der Waals surface area (Å²) in [4.78, 5) is 45.6. The molecule has 0 atom stereocenters. The van der Waals surface area contributed by atoms with Gasteiger partial charge in [0.2, 0.25) is 0 Å². The molecule has 0 aliphatic heterocycles. The van der Waals surface area contributed by atoms with Crippen molar-refractivity contribution in [3.8, 4) is 0 Å². The molecule has 0 unspecified atom stereocenters. The minimum Gasteiger partial charge on any atom is -0.457 e. The van der Waals surface area contributed by atoms with Crippen molar-refractivity contribution < 1.29 is 28.7 Å². The van der Waals surface area contributed by atoms with Gasteiger partial charge in [0.1, 0.15) is 25.8 Å². The van der Waals surface area contributed by atoms with Gasteiger partial charge in [-0.2, -0.15) is 0 Å². The minimum absolute atomic E-state index is 0.0587. The number of ether oxygens (including phenoxy) is 2. The third-order valence-corrected chi connectivity index (χ3v) is 4.30. The predicted molar refractivity (Wildman–Crippen MR) is 108 cm³/mol. The van der Waals surface area contributed by atoms with E-state index in [1.807, 2.05) is 0 Å². The Morgan fingerprint density at radius 3 is 1.40 bits per heavy atom. The highest BCUT2D eigenvalue weighted by Gasteiger charge is 2.09. The lowest BCUT2D eigenvalue weighted by Crippen LogP contribution is -2.07. The normalized spacial score (nSPS) is 10.1. The van der Waals surface area contributed by atoms with Gasteiger partial charge < -0.3 is 9.47 Å². The van der Waals surface area contributed by atoms with Crippen LogP contribution < -0.4 is 0 Å². The van der Waals surface area contributed by atoms with Crippen LogP contribution in [-0.2, 0) is 22.7 Å². The standard InChI is InChI=1S/C24H18O6/c25-13-17-4-8-21(9-5-17)23(27)29-15-19-2-1-3-20(12-19)16-30-24(28)22-10-6-18(14-26)7-11-22/h1-14H,15-16H2. The topological polar surface area (TPSA) is 86.7 Å². The van der Waals surface area contributed by atoms with Crippen molar-refractivity contribution in [3.05, 3.63) is 106 Å². The molecule has 3 aromatic rings. The van der Waals surface area contributed by atoms with Crippen LogP contribution in [0.15, 0.2) is 72.8 Å². The van der Waals surface area contributed by atoms with E-state index in [9.17, 15) is 19.2 Å². The number of benzene rings is 3. The second kappa shape index (κ2) is 9.93. The second-order valence-corrected chi connectivity index (χ2v) is 6.45. The van der Waals surface area contributed by atoms with Crippen LogP contribution in [0, 0.1) is 0 Å². The number of carbonyl (C=O) groups is 4. The zero-order valence-electron chi connectivity index (χ0n) is 15.9. The first kappa shape index (κ1) is 20.7. The SMILES string of the molecule is O=Cc1ccc(C(=O)OCc2cccc(COC(=O)c3ccc(C=O)cc3)c2)cc1. The van der Waals surface area contributed by atoms with Gasteiger partial charge in [0.05, 0.1) is 11.1 Å².